The molecule has 0 bridgehead atoms. The fourth-order valence-corrected chi connectivity index (χ4v) is 2.41. The van der Waals surface area contributed by atoms with Gasteiger partial charge in [-0.1, -0.05) is 18.2 Å². The molecule has 4 rings (SSSR count). The lowest BCUT2D eigenvalue weighted by Crippen LogP contribution is -2.11. The van der Waals surface area contributed by atoms with Gasteiger partial charge in [0.25, 0.3) is 5.91 Å². The average Bonchev–Trinajstić information content (AvgIpc) is 3.24. The SMILES string of the molecule is O=C(Nc1ccc2nc(-c3ccco3)[nH]c2c1)c1ccccc1. The number of benzene rings is 2. The summed E-state index contributed by atoms with van der Waals surface area (Å²) < 4.78 is 5.34. The molecule has 5 heteroatoms. The molecule has 0 aliphatic carbocycles. The number of fused-ring (bicyclic) bond motifs is 1. The van der Waals surface area contributed by atoms with Crippen molar-refractivity contribution in [3.05, 3.63) is 72.5 Å². The molecule has 0 saturated carbocycles. The van der Waals surface area contributed by atoms with Gasteiger partial charge in [-0.3, -0.25) is 4.79 Å². The largest absolute Gasteiger partial charge is 0.461 e. The Morgan fingerprint density at radius 1 is 1.04 bits per heavy atom. The van der Waals surface area contributed by atoms with Crippen molar-refractivity contribution in [2.45, 2.75) is 0 Å². The molecule has 4 aromatic rings. The van der Waals surface area contributed by atoms with Crippen molar-refractivity contribution in [2.75, 3.05) is 5.32 Å². The van der Waals surface area contributed by atoms with E-state index in [2.05, 4.69) is 15.3 Å². The van der Waals surface area contributed by atoms with Crippen molar-refractivity contribution < 1.29 is 9.21 Å². The number of aromatic nitrogens is 2. The van der Waals surface area contributed by atoms with Gasteiger partial charge in [-0.05, 0) is 42.5 Å². The van der Waals surface area contributed by atoms with E-state index in [9.17, 15) is 4.79 Å². The molecule has 0 aliphatic heterocycles. The maximum absolute atomic E-state index is 12.2. The number of carbonyl (C=O) groups excluding carboxylic acids is 1. The summed E-state index contributed by atoms with van der Waals surface area (Å²) in [6.07, 6.45) is 1.61. The van der Waals surface area contributed by atoms with Crippen LogP contribution in [-0.2, 0) is 0 Å². The third-order valence-corrected chi connectivity index (χ3v) is 3.53. The highest BCUT2D eigenvalue weighted by Crippen LogP contribution is 2.23. The Kier molecular flexibility index (Phi) is 3.16. The molecule has 2 heterocycles. The first kappa shape index (κ1) is 13.3. The number of hydrogen-bond acceptors (Lipinski definition) is 3. The predicted molar refractivity (Wildman–Crippen MR) is 88.2 cm³/mol. The number of aromatic amines is 1. The third kappa shape index (κ3) is 2.60. The summed E-state index contributed by atoms with van der Waals surface area (Å²) in [7, 11) is 0. The van der Waals surface area contributed by atoms with Gasteiger partial charge in [0.15, 0.2) is 11.6 Å². The minimum absolute atomic E-state index is 0.143. The smallest absolute Gasteiger partial charge is 0.255 e. The van der Waals surface area contributed by atoms with Crippen LogP contribution >= 0.6 is 0 Å². The first-order valence-corrected chi connectivity index (χ1v) is 7.20. The molecular formula is C18H13N3O2. The van der Waals surface area contributed by atoms with E-state index in [1.807, 2.05) is 48.5 Å². The highest BCUT2D eigenvalue weighted by atomic mass is 16.3. The van der Waals surface area contributed by atoms with E-state index in [0.29, 0.717) is 22.8 Å². The number of amides is 1. The lowest BCUT2D eigenvalue weighted by molar-refractivity contribution is 0.102. The number of anilines is 1. The Morgan fingerprint density at radius 2 is 1.91 bits per heavy atom. The van der Waals surface area contributed by atoms with Crippen LogP contribution in [0.15, 0.2) is 71.3 Å². The molecule has 2 aromatic heterocycles. The van der Waals surface area contributed by atoms with Crippen LogP contribution < -0.4 is 5.32 Å². The first-order valence-electron chi connectivity index (χ1n) is 7.20. The number of nitrogens with zero attached hydrogens (tertiary/aromatic N) is 1. The van der Waals surface area contributed by atoms with E-state index in [1.165, 1.54) is 0 Å². The Morgan fingerprint density at radius 3 is 2.70 bits per heavy atom. The maximum Gasteiger partial charge on any atom is 0.255 e. The minimum atomic E-state index is -0.143. The highest BCUT2D eigenvalue weighted by molar-refractivity contribution is 6.05. The Labute approximate surface area is 132 Å². The second-order valence-corrected chi connectivity index (χ2v) is 5.11. The minimum Gasteiger partial charge on any atom is -0.461 e. The van der Waals surface area contributed by atoms with E-state index in [4.69, 9.17) is 4.42 Å². The second-order valence-electron chi connectivity index (χ2n) is 5.11. The summed E-state index contributed by atoms with van der Waals surface area (Å²) in [6.45, 7) is 0. The van der Waals surface area contributed by atoms with Crippen molar-refractivity contribution in [1.82, 2.24) is 9.97 Å². The molecule has 0 saturated heterocycles. The van der Waals surface area contributed by atoms with Gasteiger partial charge in [0.05, 0.1) is 17.3 Å². The van der Waals surface area contributed by atoms with Gasteiger partial charge < -0.3 is 14.7 Å². The zero-order valence-corrected chi connectivity index (χ0v) is 12.1. The highest BCUT2D eigenvalue weighted by Gasteiger charge is 2.09. The lowest BCUT2D eigenvalue weighted by atomic mass is 10.2. The zero-order chi connectivity index (χ0) is 15.6. The fraction of sp³-hybridized carbons (Fsp3) is 0. The van der Waals surface area contributed by atoms with Crippen LogP contribution in [0.3, 0.4) is 0 Å². The average molecular weight is 303 g/mol. The van der Waals surface area contributed by atoms with Gasteiger partial charge in [-0.25, -0.2) is 4.98 Å². The van der Waals surface area contributed by atoms with Crippen LogP contribution in [0.4, 0.5) is 5.69 Å². The van der Waals surface area contributed by atoms with Crippen LogP contribution in [0.25, 0.3) is 22.6 Å². The van der Waals surface area contributed by atoms with Crippen molar-refractivity contribution in [1.29, 1.82) is 0 Å². The zero-order valence-electron chi connectivity index (χ0n) is 12.1. The van der Waals surface area contributed by atoms with Crippen molar-refractivity contribution >= 4 is 22.6 Å². The van der Waals surface area contributed by atoms with E-state index in [0.717, 1.165) is 11.0 Å². The number of carbonyl (C=O) groups is 1. The maximum atomic E-state index is 12.2. The van der Waals surface area contributed by atoms with Gasteiger partial charge in [0.2, 0.25) is 0 Å². The van der Waals surface area contributed by atoms with Crippen LogP contribution in [0.2, 0.25) is 0 Å². The number of H-pyrrole nitrogens is 1. The van der Waals surface area contributed by atoms with Gasteiger partial charge in [0.1, 0.15) is 0 Å². The van der Waals surface area contributed by atoms with Crippen LogP contribution in [0.5, 0.6) is 0 Å². The molecule has 0 fully saturated rings. The number of rotatable bonds is 3. The summed E-state index contributed by atoms with van der Waals surface area (Å²) in [6, 6.07) is 18.3. The third-order valence-electron chi connectivity index (χ3n) is 3.53. The fourth-order valence-electron chi connectivity index (χ4n) is 2.41. The molecule has 0 aliphatic rings. The Hall–Kier alpha value is -3.34. The summed E-state index contributed by atoms with van der Waals surface area (Å²) >= 11 is 0. The summed E-state index contributed by atoms with van der Waals surface area (Å²) in [5, 5.41) is 2.88. The number of furan rings is 1. The van der Waals surface area contributed by atoms with Gasteiger partial charge >= 0.3 is 0 Å². The van der Waals surface area contributed by atoms with E-state index < -0.39 is 0 Å². The van der Waals surface area contributed by atoms with E-state index in [-0.39, 0.29) is 5.91 Å². The van der Waals surface area contributed by atoms with Gasteiger partial charge in [0, 0.05) is 11.3 Å². The van der Waals surface area contributed by atoms with Gasteiger partial charge in [-0.2, -0.15) is 0 Å². The molecule has 112 valence electrons. The second kappa shape index (κ2) is 5.46. The molecule has 1 amide bonds. The molecular weight excluding hydrogens is 290 g/mol. The normalized spacial score (nSPS) is 10.8. The predicted octanol–water partition coefficient (Wildman–Crippen LogP) is 4.08. The van der Waals surface area contributed by atoms with Crippen LogP contribution in [0.1, 0.15) is 10.4 Å². The van der Waals surface area contributed by atoms with E-state index >= 15 is 0 Å². The van der Waals surface area contributed by atoms with Crippen molar-refractivity contribution in [2.24, 2.45) is 0 Å². The molecule has 5 nitrogen and oxygen atoms in total. The molecule has 0 spiro atoms. The topological polar surface area (TPSA) is 70.9 Å². The molecule has 0 unspecified atom stereocenters. The molecule has 0 atom stereocenters. The standard InChI is InChI=1S/C18H13N3O2/c22-18(12-5-2-1-3-6-12)19-13-8-9-14-15(11-13)21-17(20-14)16-7-4-10-23-16/h1-11H,(H,19,22)(H,20,21). The summed E-state index contributed by atoms with van der Waals surface area (Å²) in [4.78, 5) is 19.9. The van der Waals surface area contributed by atoms with Crippen molar-refractivity contribution in [3.63, 3.8) is 0 Å². The molecule has 23 heavy (non-hydrogen) atoms. The monoisotopic (exact) mass is 303 g/mol. The lowest BCUT2D eigenvalue weighted by Gasteiger charge is -2.04. The number of imidazole rings is 1. The Bertz CT molecular complexity index is 957. The molecule has 2 aromatic carbocycles. The molecule has 2 N–H and O–H groups in total. The summed E-state index contributed by atoms with van der Waals surface area (Å²) in [5.41, 5.74) is 2.98. The van der Waals surface area contributed by atoms with Crippen molar-refractivity contribution in [3.8, 4) is 11.6 Å². The van der Waals surface area contributed by atoms with Gasteiger partial charge in [-0.15, -0.1) is 0 Å². The number of nitrogens with one attached hydrogen (secondary N) is 2. The van der Waals surface area contributed by atoms with Crippen LogP contribution in [-0.4, -0.2) is 15.9 Å². The number of hydrogen-bond donors (Lipinski definition) is 2. The van der Waals surface area contributed by atoms with Crippen LogP contribution in [0, 0.1) is 0 Å². The first-order chi connectivity index (χ1) is 11.3. The van der Waals surface area contributed by atoms with E-state index in [1.54, 1.807) is 18.4 Å². The quantitative estimate of drug-likeness (QED) is 0.599. The Balaban J connectivity index is 1.63. The molecule has 0 radical (unpaired) electrons. The summed E-state index contributed by atoms with van der Waals surface area (Å²) in [5.74, 6) is 1.20.